The van der Waals surface area contributed by atoms with E-state index in [9.17, 15) is 40.3 Å². The summed E-state index contributed by atoms with van der Waals surface area (Å²) in [5, 5.41) is 1.83. The Morgan fingerprint density at radius 2 is 1.62 bits per heavy atom. The number of amides is 2. The molecular formula is C43H52N2O11S2. The first-order chi connectivity index (χ1) is 26.9. The van der Waals surface area contributed by atoms with Gasteiger partial charge in [0.05, 0.1) is 4.90 Å². The molecule has 0 radical (unpaired) electrons. The number of carbonyl (C=O) groups excluding carboxylic acids is 3. The average Bonchev–Trinajstić information content (AvgIpc) is 3.41. The van der Waals surface area contributed by atoms with Gasteiger partial charge in [0.2, 0.25) is 0 Å². The van der Waals surface area contributed by atoms with Gasteiger partial charge in [-0.3, -0.25) is 18.7 Å². The number of anilines is 1. The summed E-state index contributed by atoms with van der Waals surface area (Å²) in [6.07, 6.45) is 3.57. The van der Waals surface area contributed by atoms with Crippen LogP contribution >= 0.6 is 0 Å². The molecule has 3 aromatic carbocycles. The van der Waals surface area contributed by atoms with Crippen LogP contribution in [0.3, 0.4) is 0 Å². The lowest BCUT2D eigenvalue weighted by Crippen LogP contribution is -2.48. The van der Waals surface area contributed by atoms with Gasteiger partial charge in [-0.1, -0.05) is 53.7 Å². The van der Waals surface area contributed by atoms with Crippen molar-refractivity contribution in [2.75, 3.05) is 11.4 Å². The first-order valence-corrected chi connectivity index (χ1v) is 22.4. The normalized spacial score (nSPS) is 18.4. The highest BCUT2D eigenvalue weighted by molar-refractivity contribution is 7.86. The Hall–Kier alpha value is -4.57. The first-order valence-electron chi connectivity index (χ1n) is 19.5. The van der Waals surface area contributed by atoms with Gasteiger partial charge >= 0.3 is 5.97 Å². The highest BCUT2D eigenvalue weighted by atomic mass is 32.2. The summed E-state index contributed by atoms with van der Waals surface area (Å²) >= 11 is 0. The third-order valence-corrected chi connectivity index (χ3v) is 12.9. The van der Waals surface area contributed by atoms with Gasteiger partial charge in [0.15, 0.2) is 0 Å². The second-order valence-electron chi connectivity index (χ2n) is 17.6. The largest absolute Gasteiger partial charge is 0.456 e. The van der Waals surface area contributed by atoms with Crippen LogP contribution in [0, 0.1) is 5.41 Å². The highest BCUT2D eigenvalue weighted by Gasteiger charge is 2.39. The molecule has 6 rings (SSSR count). The lowest BCUT2D eigenvalue weighted by Gasteiger charge is -2.48. The molecule has 0 spiro atoms. The van der Waals surface area contributed by atoms with Gasteiger partial charge in [-0.2, -0.15) is 16.8 Å². The fourth-order valence-corrected chi connectivity index (χ4v) is 10.1. The minimum atomic E-state index is -5.03. The molecule has 2 amide bonds. The number of hydrogen-bond acceptors (Lipinski definition) is 10. The predicted molar refractivity (Wildman–Crippen MR) is 218 cm³/mol. The Kier molecular flexibility index (Phi) is 11.5. The van der Waals surface area contributed by atoms with Gasteiger partial charge in [0.25, 0.3) is 32.1 Å². The molecule has 1 fully saturated rings. The average molecular weight is 837 g/mol. The minimum absolute atomic E-state index is 0.0154. The molecular weight excluding hydrogens is 785 g/mol. The van der Waals surface area contributed by atoms with E-state index in [0.717, 1.165) is 47.0 Å². The summed E-state index contributed by atoms with van der Waals surface area (Å²) in [5.74, 6) is -0.760. The van der Waals surface area contributed by atoms with Crippen molar-refractivity contribution >= 4 is 55.9 Å². The summed E-state index contributed by atoms with van der Waals surface area (Å²) in [6, 6.07) is 10.8. The molecule has 0 saturated carbocycles. The smallest absolute Gasteiger partial charge is 0.333 e. The standard InChI is InChI=1S/C43H52N2O11S2/c1-25-18-35-32(20-30(25)26(2)23-42(4,5)6)41(29-14-13-28(57(49,50)51)19-37(29)58(52,53)54)33-21-31-27(3)24-43(7,8)44(34(31)22-36(33)55-35)17-11-9-10-12-40(48)56-45-38(46)15-16-39(45)47/h13-14,18-22,26-27H,1,9-12,15-17,23-24H2,2-8H3,(H,49,50,51)(H,52,53,54). The number of nitrogens with zero attached hydrogens (tertiary/aromatic N) is 2. The summed E-state index contributed by atoms with van der Waals surface area (Å²) in [7, 11) is -9.86. The van der Waals surface area contributed by atoms with Gasteiger partial charge in [-0.25, -0.2) is 4.79 Å². The zero-order valence-electron chi connectivity index (χ0n) is 34.0. The van der Waals surface area contributed by atoms with Crippen molar-refractivity contribution < 1.29 is 49.9 Å². The first kappa shape index (κ1) is 43.0. The molecule has 312 valence electrons. The van der Waals surface area contributed by atoms with Gasteiger partial charge in [0.1, 0.15) is 16.4 Å². The van der Waals surface area contributed by atoms with Crippen molar-refractivity contribution in [2.24, 2.45) is 5.41 Å². The predicted octanol–water partition coefficient (Wildman–Crippen LogP) is 6.74. The van der Waals surface area contributed by atoms with Crippen LogP contribution in [0.1, 0.15) is 134 Å². The van der Waals surface area contributed by atoms with Gasteiger partial charge in [-0.05, 0) is 103 Å². The van der Waals surface area contributed by atoms with Crippen LogP contribution in [-0.2, 0) is 39.5 Å². The van der Waals surface area contributed by atoms with Crippen LogP contribution in [0.15, 0.2) is 52.3 Å². The fourth-order valence-electron chi connectivity index (χ4n) is 8.78. The lowest BCUT2D eigenvalue weighted by molar-refractivity contribution is -0.197. The third kappa shape index (κ3) is 8.87. The maximum Gasteiger partial charge on any atom is 0.333 e. The van der Waals surface area contributed by atoms with E-state index in [-0.39, 0.29) is 47.6 Å². The molecule has 0 aromatic heterocycles. The fraction of sp³-hybridized carbons (Fsp3) is 0.465. The molecule has 58 heavy (non-hydrogen) atoms. The zero-order chi connectivity index (χ0) is 42.7. The van der Waals surface area contributed by atoms with Crippen molar-refractivity contribution in [1.29, 1.82) is 0 Å². The van der Waals surface area contributed by atoms with E-state index in [1.165, 1.54) is 6.07 Å². The van der Waals surface area contributed by atoms with Crippen LogP contribution in [0.5, 0.6) is 11.5 Å². The molecule has 2 unspecified atom stereocenters. The third-order valence-electron chi connectivity index (χ3n) is 11.2. The molecule has 1 saturated heterocycles. The van der Waals surface area contributed by atoms with Crippen molar-refractivity contribution in [3.8, 4) is 11.5 Å². The zero-order valence-corrected chi connectivity index (χ0v) is 35.7. The molecule has 0 aliphatic carbocycles. The number of imide groups is 1. The van der Waals surface area contributed by atoms with E-state index in [2.05, 4.69) is 59.9 Å². The van der Waals surface area contributed by atoms with Crippen LogP contribution in [-0.4, -0.2) is 60.9 Å². The highest BCUT2D eigenvalue weighted by Crippen LogP contribution is 2.49. The maximum atomic E-state index is 13.0. The Morgan fingerprint density at radius 3 is 2.24 bits per heavy atom. The maximum absolute atomic E-state index is 13.0. The van der Waals surface area contributed by atoms with Crippen LogP contribution in [0.25, 0.3) is 12.2 Å². The molecule has 2 N–H and O–H groups in total. The number of carbonyl (C=O) groups is 3. The van der Waals surface area contributed by atoms with Crippen molar-refractivity contribution in [3.05, 3.63) is 75.2 Å². The monoisotopic (exact) mass is 836 g/mol. The van der Waals surface area contributed by atoms with E-state index in [1.54, 1.807) is 0 Å². The molecule has 13 nitrogen and oxygen atoms in total. The Morgan fingerprint density at radius 1 is 0.948 bits per heavy atom. The van der Waals surface area contributed by atoms with Crippen LogP contribution in [0.4, 0.5) is 5.69 Å². The van der Waals surface area contributed by atoms with Crippen molar-refractivity contribution in [3.63, 3.8) is 0 Å². The molecule has 15 heteroatoms. The van der Waals surface area contributed by atoms with E-state index in [4.69, 9.17) is 9.57 Å². The van der Waals surface area contributed by atoms with E-state index >= 15 is 0 Å². The van der Waals surface area contributed by atoms with E-state index in [0.29, 0.717) is 58.7 Å². The van der Waals surface area contributed by atoms with Crippen molar-refractivity contribution in [1.82, 2.24) is 5.06 Å². The Labute approximate surface area is 340 Å². The summed E-state index contributed by atoms with van der Waals surface area (Å²) < 4.78 is 77.5. The summed E-state index contributed by atoms with van der Waals surface area (Å²) in [5.41, 5.74) is 3.49. The van der Waals surface area contributed by atoms with Gasteiger partial charge in [0, 0.05) is 65.0 Å². The number of fused-ring (bicyclic) bond motifs is 3. The molecule has 3 heterocycles. The quantitative estimate of drug-likeness (QED) is 0.0872. The minimum Gasteiger partial charge on any atom is -0.456 e. The number of rotatable bonds is 12. The summed E-state index contributed by atoms with van der Waals surface area (Å²) in [4.78, 5) is 42.0. The molecule has 0 bridgehead atoms. The molecule has 3 aromatic rings. The van der Waals surface area contributed by atoms with Gasteiger partial charge in [-0.15, -0.1) is 5.06 Å². The summed E-state index contributed by atoms with van der Waals surface area (Å²) in [6.45, 7) is 19.9. The number of benzene rings is 3. The lowest BCUT2D eigenvalue weighted by atomic mass is 9.78. The second kappa shape index (κ2) is 15.6. The number of ether oxygens (including phenoxy) is 1. The number of hydrogen-bond donors (Lipinski definition) is 2. The molecule has 2 atom stereocenters. The molecule has 3 aliphatic rings. The molecule has 3 aliphatic heterocycles. The van der Waals surface area contributed by atoms with Crippen LogP contribution in [0.2, 0.25) is 0 Å². The SMILES string of the molecule is C=c1cc2c(cc1C(C)CC(C)(C)C)=C(c1ccc(S(=O)(=O)O)cc1S(=O)(=O)O)c1cc3c(cc1O2)N(CCCCCC(=O)ON1C(=O)CCC1=O)C(C)(C)CC3C. The van der Waals surface area contributed by atoms with Crippen LogP contribution < -0.4 is 20.1 Å². The topological polar surface area (TPSA) is 185 Å². The Balaban J connectivity index is 1.43. The van der Waals surface area contributed by atoms with Gasteiger partial charge < -0.3 is 14.5 Å². The number of unbranched alkanes of at least 4 members (excludes halogenated alkanes) is 2. The van der Waals surface area contributed by atoms with E-state index in [1.807, 2.05) is 24.3 Å². The van der Waals surface area contributed by atoms with E-state index < -0.39 is 47.8 Å². The second-order valence-corrected chi connectivity index (χ2v) is 20.4. The Bertz CT molecular complexity index is 2520. The van der Waals surface area contributed by atoms with Crippen molar-refractivity contribution in [2.45, 2.75) is 127 Å². The number of hydroxylamine groups is 2.